The number of methoxy groups -OCH3 is 2. The van der Waals surface area contributed by atoms with E-state index in [2.05, 4.69) is 14.8 Å². The molecule has 0 unspecified atom stereocenters. The Labute approximate surface area is 133 Å². The van der Waals surface area contributed by atoms with Gasteiger partial charge >= 0.3 is 17.9 Å². The zero-order valence-electron chi connectivity index (χ0n) is 13.2. The minimum Gasteiger partial charge on any atom is -0.480 e. The molecule has 1 aliphatic heterocycles. The smallest absolute Gasteiger partial charge is 0.326 e. The molecule has 0 aromatic rings. The first-order chi connectivity index (χ1) is 10.8. The van der Waals surface area contributed by atoms with Crippen molar-refractivity contribution >= 4 is 23.8 Å². The first-order valence-corrected chi connectivity index (χ1v) is 7.13. The van der Waals surface area contributed by atoms with Gasteiger partial charge in [0.1, 0.15) is 12.1 Å². The molecule has 0 saturated carbocycles. The summed E-state index contributed by atoms with van der Waals surface area (Å²) in [5.41, 5.74) is 0. The fraction of sp³-hybridized carbons (Fsp3) is 0.714. The predicted molar refractivity (Wildman–Crippen MR) is 75.2 cm³/mol. The van der Waals surface area contributed by atoms with Crippen LogP contribution in [0.5, 0.6) is 0 Å². The second-order valence-electron chi connectivity index (χ2n) is 5.21. The lowest BCUT2D eigenvalue weighted by Gasteiger charge is -2.26. The Morgan fingerprint density at radius 1 is 1.17 bits per heavy atom. The molecule has 0 aromatic heterocycles. The Balaban J connectivity index is 2.92. The molecule has 9 nitrogen and oxygen atoms in total. The molecule has 1 rings (SSSR count). The summed E-state index contributed by atoms with van der Waals surface area (Å²) in [4.78, 5) is 47.0. The van der Waals surface area contributed by atoms with Crippen LogP contribution in [0.25, 0.3) is 0 Å². The van der Waals surface area contributed by atoms with Crippen molar-refractivity contribution in [1.82, 2.24) is 5.32 Å². The van der Waals surface area contributed by atoms with Crippen molar-refractivity contribution in [1.29, 1.82) is 0 Å². The van der Waals surface area contributed by atoms with Gasteiger partial charge in [-0.2, -0.15) is 0 Å². The third-order valence-corrected chi connectivity index (χ3v) is 3.75. The maximum absolute atomic E-state index is 12.0. The molecule has 9 heteroatoms. The second kappa shape index (κ2) is 8.47. The van der Waals surface area contributed by atoms with Gasteiger partial charge in [-0.1, -0.05) is 6.92 Å². The van der Waals surface area contributed by atoms with Crippen LogP contribution in [-0.4, -0.2) is 61.9 Å². The van der Waals surface area contributed by atoms with E-state index in [-0.39, 0.29) is 0 Å². The normalized spacial score (nSPS) is 19.7. The highest BCUT2D eigenvalue weighted by atomic mass is 16.5. The fourth-order valence-corrected chi connectivity index (χ4v) is 2.42. The molecule has 0 radical (unpaired) electrons. The predicted octanol–water partition coefficient (Wildman–Crippen LogP) is -0.667. The molecule has 1 aliphatic rings. The summed E-state index contributed by atoms with van der Waals surface area (Å²) in [7, 11) is 2.15. The minimum absolute atomic E-state index is 0.429. The molecule has 1 amide bonds. The summed E-state index contributed by atoms with van der Waals surface area (Å²) >= 11 is 0. The molecule has 2 N–H and O–H groups in total. The maximum Gasteiger partial charge on any atom is 0.326 e. The van der Waals surface area contributed by atoms with Gasteiger partial charge in [-0.15, -0.1) is 0 Å². The summed E-state index contributed by atoms with van der Waals surface area (Å²) in [6.45, 7) is 1.78. The fourth-order valence-electron chi connectivity index (χ4n) is 2.42. The van der Waals surface area contributed by atoms with E-state index >= 15 is 0 Å². The number of hydrogen-bond donors (Lipinski definition) is 2. The van der Waals surface area contributed by atoms with Gasteiger partial charge in [-0.05, 0) is 12.8 Å². The van der Waals surface area contributed by atoms with Crippen LogP contribution in [0.3, 0.4) is 0 Å². The lowest BCUT2D eigenvalue weighted by atomic mass is 9.87. The topological polar surface area (TPSA) is 128 Å². The van der Waals surface area contributed by atoms with Crippen LogP contribution in [0.1, 0.15) is 19.8 Å². The number of hydrogen-bond acceptors (Lipinski definition) is 7. The van der Waals surface area contributed by atoms with E-state index in [4.69, 9.17) is 4.74 Å². The number of aliphatic carboxylic acids is 1. The highest BCUT2D eigenvalue weighted by molar-refractivity contribution is 5.96. The molecule has 130 valence electrons. The number of carboxylic acid groups (broad SMARTS) is 1. The second-order valence-corrected chi connectivity index (χ2v) is 5.21. The number of carbonyl (C=O) groups is 4. The van der Waals surface area contributed by atoms with E-state index in [1.54, 1.807) is 0 Å². The Morgan fingerprint density at radius 3 is 2.13 bits per heavy atom. The van der Waals surface area contributed by atoms with Crippen molar-refractivity contribution in [3.63, 3.8) is 0 Å². The average Bonchev–Trinajstić information content (AvgIpc) is 3.05. The van der Waals surface area contributed by atoms with Gasteiger partial charge in [0.2, 0.25) is 5.91 Å². The van der Waals surface area contributed by atoms with Gasteiger partial charge in [0.15, 0.2) is 5.92 Å². The zero-order chi connectivity index (χ0) is 17.6. The van der Waals surface area contributed by atoms with E-state index < -0.39 is 47.8 Å². The van der Waals surface area contributed by atoms with Crippen molar-refractivity contribution in [3.8, 4) is 0 Å². The first-order valence-electron chi connectivity index (χ1n) is 7.13. The molecule has 1 saturated heterocycles. The summed E-state index contributed by atoms with van der Waals surface area (Å²) in [6, 6.07) is -1.46. The highest BCUT2D eigenvalue weighted by Gasteiger charge is 2.42. The van der Waals surface area contributed by atoms with Crippen molar-refractivity contribution < 1.29 is 38.5 Å². The SMILES string of the molecule is COC(=O)C(C(=O)OC)[C@@H](C)[C@H](NC(=O)[C@H]1CCCO1)C(=O)O. The third kappa shape index (κ3) is 4.65. The van der Waals surface area contributed by atoms with Crippen molar-refractivity contribution in [2.45, 2.75) is 31.9 Å². The van der Waals surface area contributed by atoms with Crippen LogP contribution in [0.4, 0.5) is 0 Å². The molecular weight excluding hydrogens is 310 g/mol. The van der Waals surface area contributed by atoms with Crippen LogP contribution in [0.2, 0.25) is 0 Å². The van der Waals surface area contributed by atoms with Crippen molar-refractivity contribution in [2.75, 3.05) is 20.8 Å². The molecule has 1 heterocycles. The van der Waals surface area contributed by atoms with E-state index in [9.17, 15) is 24.3 Å². The standard InChI is InChI=1S/C14H21NO8/c1-7(9(13(19)21-2)14(20)22-3)10(12(17)18)15-11(16)8-5-4-6-23-8/h7-10H,4-6H2,1-3H3,(H,15,16)(H,17,18)/t7-,8-,10+/m1/s1. The quantitative estimate of drug-likeness (QED) is 0.464. The highest BCUT2D eigenvalue weighted by Crippen LogP contribution is 2.21. The number of carboxylic acids is 1. The van der Waals surface area contributed by atoms with Crippen LogP contribution < -0.4 is 5.32 Å². The van der Waals surface area contributed by atoms with Crippen LogP contribution in [0, 0.1) is 11.8 Å². The van der Waals surface area contributed by atoms with Crippen LogP contribution >= 0.6 is 0 Å². The zero-order valence-corrected chi connectivity index (χ0v) is 13.2. The van der Waals surface area contributed by atoms with E-state index in [1.165, 1.54) is 6.92 Å². The van der Waals surface area contributed by atoms with Gasteiger partial charge in [0.25, 0.3) is 0 Å². The Hall–Kier alpha value is -2.16. The van der Waals surface area contributed by atoms with Crippen LogP contribution in [0.15, 0.2) is 0 Å². The minimum atomic E-state index is -1.46. The Bertz CT molecular complexity index is 455. The van der Waals surface area contributed by atoms with E-state index in [1.807, 2.05) is 0 Å². The maximum atomic E-state index is 12.0. The Kier molecular flexibility index (Phi) is 6.95. The third-order valence-electron chi connectivity index (χ3n) is 3.75. The van der Waals surface area contributed by atoms with Crippen molar-refractivity contribution in [2.24, 2.45) is 11.8 Å². The van der Waals surface area contributed by atoms with Gasteiger partial charge in [0.05, 0.1) is 14.2 Å². The lowest BCUT2D eigenvalue weighted by Crippen LogP contribution is -2.52. The molecule has 3 atom stereocenters. The molecular formula is C14H21NO8. The lowest BCUT2D eigenvalue weighted by molar-refractivity contribution is -0.163. The molecule has 0 bridgehead atoms. The Morgan fingerprint density at radius 2 is 1.74 bits per heavy atom. The average molecular weight is 331 g/mol. The first kappa shape index (κ1) is 18.9. The number of ether oxygens (including phenoxy) is 3. The summed E-state index contributed by atoms with van der Waals surface area (Å²) < 4.78 is 14.2. The van der Waals surface area contributed by atoms with E-state index in [0.717, 1.165) is 14.2 Å². The van der Waals surface area contributed by atoms with Gasteiger partial charge in [-0.3, -0.25) is 14.4 Å². The molecule has 0 aliphatic carbocycles. The van der Waals surface area contributed by atoms with Crippen LogP contribution in [-0.2, 0) is 33.4 Å². The largest absolute Gasteiger partial charge is 0.480 e. The summed E-state index contributed by atoms with van der Waals surface area (Å²) in [5, 5.41) is 11.7. The monoisotopic (exact) mass is 331 g/mol. The summed E-state index contributed by atoms with van der Waals surface area (Å²) in [6.07, 6.45) is 0.473. The number of nitrogens with one attached hydrogen (secondary N) is 1. The number of amides is 1. The van der Waals surface area contributed by atoms with Gasteiger partial charge in [-0.25, -0.2) is 4.79 Å². The summed E-state index contributed by atoms with van der Waals surface area (Å²) in [5.74, 6) is -6.35. The molecule has 1 fully saturated rings. The number of esters is 2. The van der Waals surface area contributed by atoms with Crippen molar-refractivity contribution in [3.05, 3.63) is 0 Å². The number of rotatable bonds is 7. The molecule has 0 aromatic carbocycles. The van der Waals surface area contributed by atoms with Gasteiger partial charge in [0, 0.05) is 12.5 Å². The van der Waals surface area contributed by atoms with E-state index in [0.29, 0.717) is 19.4 Å². The molecule has 0 spiro atoms. The van der Waals surface area contributed by atoms with Gasteiger partial charge < -0.3 is 24.6 Å². The number of carbonyl (C=O) groups excluding carboxylic acids is 3. The molecule has 23 heavy (non-hydrogen) atoms.